The van der Waals surface area contributed by atoms with Crippen LogP contribution >= 0.6 is 0 Å². The van der Waals surface area contributed by atoms with E-state index in [2.05, 4.69) is 6.92 Å². The standard InChI is InChI=1S/C10H21N/c1-2-3-4-6-9-7-5-8-10(9)11/h9-10H,2-8,11H2,1H3/t9-,10?/m0/s1. The van der Waals surface area contributed by atoms with Gasteiger partial charge in [-0.3, -0.25) is 0 Å². The third-order valence-electron chi connectivity index (χ3n) is 2.90. The third kappa shape index (κ3) is 2.82. The Morgan fingerprint density at radius 1 is 1.27 bits per heavy atom. The smallest absolute Gasteiger partial charge is 0.00671 e. The van der Waals surface area contributed by atoms with Gasteiger partial charge in [0.15, 0.2) is 0 Å². The van der Waals surface area contributed by atoms with E-state index in [1.54, 1.807) is 0 Å². The van der Waals surface area contributed by atoms with Gasteiger partial charge >= 0.3 is 0 Å². The second-order valence-electron chi connectivity index (χ2n) is 3.85. The summed E-state index contributed by atoms with van der Waals surface area (Å²) in [5, 5.41) is 0. The first-order valence-corrected chi connectivity index (χ1v) is 5.10. The topological polar surface area (TPSA) is 26.0 Å². The fraction of sp³-hybridized carbons (Fsp3) is 1.00. The van der Waals surface area contributed by atoms with Crippen LogP contribution in [0.15, 0.2) is 0 Å². The van der Waals surface area contributed by atoms with E-state index < -0.39 is 0 Å². The van der Waals surface area contributed by atoms with Gasteiger partial charge in [-0.1, -0.05) is 32.6 Å². The third-order valence-corrected chi connectivity index (χ3v) is 2.90. The monoisotopic (exact) mass is 155 g/mol. The highest BCUT2D eigenvalue weighted by molar-refractivity contribution is 4.79. The van der Waals surface area contributed by atoms with Gasteiger partial charge in [0.1, 0.15) is 0 Å². The molecule has 2 N–H and O–H groups in total. The van der Waals surface area contributed by atoms with Gasteiger partial charge in [-0.05, 0) is 25.2 Å². The molecule has 0 amide bonds. The molecule has 0 aromatic rings. The second kappa shape index (κ2) is 4.76. The molecule has 1 heteroatoms. The molecule has 1 saturated carbocycles. The fourth-order valence-electron chi connectivity index (χ4n) is 2.08. The molecular weight excluding hydrogens is 134 g/mol. The minimum absolute atomic E-state index is 0.534. The molecular formula is C10H21N. The summed E-state index contributed by atoms with van der Waals surface area (Å²) in [6, 6.07) is 0.534. The van der Waals surface area contributed by atoms with Crippen molar-refractivity contribution in [1.29, 1.82) is 0 Å². The molecule has 11 heavy (non-hydrogen) atoms. The number of unbranched alkanes of at least 4 members (excludes halogenated alkanes) is 2. The van der Waals surface area contributed by atoms with Gasteiger partial charge < -0.3 is 5.73 Å². The molecule has 0 radical (unpaired) electrons. The summed E-state index contributed by atoms with van der Waals surface area (Å²) < 4.78 is 0. The van der Waals surface area contributed by atoms with Gasteiger partial charge in [-0.15, -0.1) is 0 Å². The lowest BCUT2D eigenvalue weighted by Gasteiger charge is -2.13. The first kappa shape index (κ1) is 9.05. The molecule has 0 heterocycles. The largest absolute Gasteiger partial charge is 0.327 e. The molecule has 0 aromatic carbocycles. The van der Waals surface area contributed by atoms with Crippen LogP contribution in [0, 0.1) is 5.92 Å². The molecule has 2 atom stereocenters. The molecule has 1 fully saturated rings. The summed E-state index contributed by atoms with van der Waals surface area (Å²) >= 11 is 0. The van der Waals surface area contributed by atoms with Gasteiger partial charge in [-0.25, -0.2) is 0 Å². The van der Waals surface area contributed by atoms with Gasteiger partial charge in [0.2, 0.25) is 0 Å². The summed E-state index contributed by atoms with van der Waals surface area (Å²) in [7, 11) is 0. The van der Waals surface area contributed by atoms with Gasteiger partial charge in [0, 0.05) is 6.04 Å². The average molecular weight is 155 g/mol. The minimum Gasteiger partial charge on any atom is -0.327 e. The van der Waals surface area contributed by atoms with Crippen molar-refractivity contribution >= 4 is 0 Å². The summed E-state index contributed by atoms with van der Waals surface area (Å²) in [5.74, 6) is 0.863. The number of hydrogen-bond acceptors (Lipinski definition) is 1. The predicted molar refractivity (Wildman–Crippen MR) is 49.5 cm³/mol. The van der Waals surface area contributed by atoms with Gasteiger partial charge in [0.25, 0.3) is 0 Å². The average Bonchev–Trinajstić information content (AvgIpc) is 2.37. The van der Waals surface area contributed by atoms with Crippen molar-refractivity contribution in [1.82, 2.24) is 0 Å². The van der Waals surface area contributed by atoms with Crippen molar-refractivity contribution in [2.75, 3.05) is 0 Å². The maximum Gasteiger partial charge on any atom is 0.00671 e. The van der Waals surface area contributed by atoms with E-state index in [-0.39, 0.29) is 0 Å². The molecule has 66 valence electrons. The van der Waals surface area contributed by atoms with Crippen LogP contribution in [0.5, 0.6) is 0 Å². The lowest BCUT2D eigenvalue weighted by Crippen LogP contribution is -2.24. The summed E-state index contributed by atoms with van der Waals surface area (Å²) in [5.41, 5.74) is 5.96. The summed E-state index contributed by atoms with van der Waals surface area (Å²) in [6.45, 7) is 2.26. The molecule has 1 aliphatic rings. The summed E-state index contributed by atoms with van der Waals surface area (Å²) in [6.07, 6.45) is 9.55. The summed E-state index contributed by atoms with van der Waals surface area (Å²) in [4.78, 5) is 0. The van der Waals surface area contributed by atoms with E-state index >= 15 is 0 Å². The number of rotatable bonds is 4. The maximum absolute atomic E-state index is 5.96. The SMILES string of the molecule is CCCCC[C@H]1CCCC1N. The van der Waals surface area contributed by atoms with Crippen molar-refractivity contribution in [2.24, 2.45) is 11.7 Å². The highest BCUT2D eigenvalue weighted by atomic mass is 14.7. The van der Waals surface area contributed by atoms with E-state index in [1.807, 2.05) is 0 Å². The van der Waals surface area contributed by atoms with E-state index in [0.29, 0.717) is 6.04 Å². The van der Waals surface area contributed by atoms with Crippen LogP contribution in [-0.2, 0) is 0 Å². The number of hydrogen-bond donors (Lipinski definition) is 1. The Hall–Kier alpha value is -0.0400. The Morgan fingerprint density at radius 3 is 2.64 bits per heavy atom. The van der Waals surface area contributed by atoms with Crippen LogP contribution in [0.4, 0.5) is 0 Å². The fourth-order valence-corrected chi connectivity index (χ4v) is 2.08. The van der Waals surface area contributed by atoms with Gasteiger partial charge in [-0.2, -0.15) is 0 Å². The van der Waals surface area contributed by atoms with Crippen LogP contribution < -0.4 is 5.73 Å². The van der Waals surface area contributed by atoms with Crippen LogP contribution in [0.25, 0.3) is 0 Å². The lowest BCUT2D eigenvalue weighted by atomic mass is 9.97. The zero-order valence-corrected chi connectivity index (χ0v) is 7.68. The van der Waals surface area contributed by atoms with E-state index in [0.717, 1.165) is 5.92 Å². The predicted octanol–water partition coefficient (Wildman–Crippen LogP) is 2.69. The lowest BCUT2D eigenvalue weighted by molar-refractivity contribution is 0.425. The minimum atomic E-state index is 0.534. The van der Waals surface area contributed by atoms with Crippen LogP contribution in [0.2, 0.25) is 0 Å². The van der Waals surface area contributed by atoms with Crippen LogP contribution in [-0.4, -0.2) is 6.04 Å². The molecule has 1 unspecified atom stereocenters. The maximum atomic E-state index is 5.96. The highest BCUT2D eigenvalue weighted by Gasteiger charge is 2.22. The quantitative estimate of drug-likeness (QED) is 0.621. The molecule has 1 nitrogen and oxygen atoms in total. The van der Waals surface area contributed by atoms with E-state index in [9.17, 15) is 0 Å². The van der Waals surface area contributed by atoms with Crippen molar-refractivity contribution in [3.8, 4) is 0 Å². The zero-order valence-electron chi connectivity index (χ0n) is 7.68. The molecule has 1 aliphatic carbocycles. The highest BCUT2D eigenvalue weighted by Crippen LogP contribution is 2.28. The number of nitrogens with two attached hydrogens (primary N) is 1. The van der Waals surface area contributed by atoms with E-state index in [4.69, 9.17) is 5.73 Å². The molecule has 0 saturated heterocycles. The Balaban J connectivity index is 2.05. The van der Waals surface area contributed by atoms with Crippen LogP contribution in [0.3, 0.4) is 0 Å². The van der Waals surface area contributed by atoms with Crippen molar-refractivity contribution in [3.63, 3.8) is 0 Å². The van der Waals surface area contributed by atoms with Crippen molar-refractivity contribution in [2.45, 2.75) is 57.9 Å². The Bertz CT molecular complexity index is 101. The molecule has 0 spiro atoms. The zero-order chi connectivity index (χ0) is 8.10. The van der Waals surface area contributed by atoms with E-state index in [1.165, 1.54) is 44.9 Å². The molecule has 0 aliphatic heterocycles. The molecule has 1 rings (SSSR count). The molecule has 0 aromatic heterocycles. The Morgan fingerprint density at radius 2 is 2.09 bits per heavy atom. The normalized spacial score (nSPS) is 31.1. The van der Waals surface area contributed by atoms with Crippen molar-refractivity contribution in [3.05, 3.63) is 0 Å². The first-order chi connectivity index (χ1) is 5.34. The first-order valence-electron chi connectivity index (χ1n) is 5.10. The van der Waals surface area contributed by atoms with Crippen molar-refractivity contribution < 1.29 is 0 Å². The van der Waals surface area contributed by atoms with Gasteiger partial charge in [0.05, 0.1) is 0 Å². The Kier molecular flexibility index (Phi) is 3.92. The van der Waals surface area contributed by atoms with Crippen LogP contribution in [0.1, 0.15) is 51.9 Å². The Labute approximate surface area is 70.4 Å². The molecule has 0 bridgehead atoms. The second-order valence-corrected chi connectivity index (χ2v) is 3.85.